The van der Waals surface area contributed by atoms with E-state index < -0.39 is 0 Å². The van der Waals surface area contributed by atoms with E-state index in [2.05, 4.69) is 20.7 Å². The minimum absolute atomic E-state index is 0.188. The smallest absolute Gasteiger partial charge is 0.305 e. The fraction of sp³-hybridized carbons (Fsp3) is 0.417. The molecule has 0 aliphatic heterocycles. The van der Waals surface area contributed by atoms with Crippen molar-refractivity contribution in [1.29, 1.82) is 0 Å². The molecule has 5 heteroatoms. The Morgan fingerprint density at radius 3 is 2.94 bits per heavy atom. The van der Waals surface area contributed by atoms with Crippen molar-refractivity contribution < 1.29 is 13.9 Å². The lowest BCUT2D eigenvalue weighted by molar-refractivity contribution is -0.140. The number of hydrogen-bond acceptors (Lipinski definition) is 3. The number of hydrogen-bond donors (Lipinski definition) is 1. The predicted octanol–water partition coefficient (Wildman–Crippen LogP) is 2.41. The molecule has 17 heavy (non-hydrogen) atoms. The molecule has 1 rings (SSSR count). The number of ether oxygens (including phenoxy) is 1. The number of carbonyl (C=O) groups is 1. The van der Waals surface area contributed by atoms with Crippen LogP contribution in [0.3, 0.4) is 0 Å². The van der Waals surface area contributed by atoms with Gasteiger partial charge in [0.15, 0.2) is 0 Å². The van der Waals surface area contributed by atoms with E-state index in [4.69, 9.17) is 5.73 Å². The van der Waals surface area contributed by atoms with E-state index in [0.29, 0.717) is 12.8 Å². The zero-order valence-corrected chi connectivity index (χ0v) is 11.2. The van der Waals surface area contributed by atoms with Crippen LogP contribution in [0.4, 0.5) is 4.39 Å². The number of halogens is 2. The molecule has 0 heterocycles. The molecule has 0 amide bonds. The first kappa shape index (κ1) is 14.1. The van der Waals surface area contributed by atoms with Gasteiger partial charge < -0.3 is 10.5 Å². The second-order valence-corrected chi connectivity index (χ2v) is 4.67. The summed E-state index contributed by atoms with van der Waals surface area (Å²) in [7, 11) is 1.34. The minimum Gasteiger partial charge on any atom is -0.469 e. The van der Waals surface area contributed by atoms with Crippen LogP contribution >= 0.6 is 15.9 Å². The highest BCUT2D eigenvalue weighted by Gasteiger charge is 2.10. The van der Waals surface area contributed by atoms with Crippen molar-refractivity contribution >= 4 is 21.9 Å². The zero-order chi connectivity index (χ0) is 12.8. The first-order valence-corrected chi connectivity index (χ1v) is 6.08. The Kier molecular flexibility index (Phi) is 5.58. The SMILES string of the molecule is COC(=O)CCC(N)Cc1cc(F)ccc1Br. The number of methoxy groups -OCH3 is 1. The lowest BCUT2D eigenvalue weighted by Crippen LogP contribution is -2.24. The van der Waals surface area contributed by atoms with Gasteiger partial charge in [0.1, 0.15) is 5.82 Å². The molecule has 0 aromatic heterocycles. The highest BCUT2D eigenvalue weighted by molar-refractivity contribution is 9.10. The molecule has 1 unspecified atom stereocenters. The standard InChI is InChI=1S/C12H15BrFNO2/c1-17-12(16)5-3-10(15)7-8-6-9(14)2-4-11(8)13/h2,4,6,10H,3,5,7,15H2,1H3. The molecule has 0 saturated heterocycles. The Balaban J connectivity index is 2.52. The highest BCUT2D eigenvalue weighted by Crippen LogP contribution is 2.19. The number of carbonyl (C=O) groups excluding carboxylic acids is 1. The summed E-state index contributed by atoms with van der Waals surface area (Å²) in [6.45, 7) is 0. The van der Waals surface area contributed by atoms with E-state index in [-0.39, 0.29) is 24.2 Å². The molecule has 1 aromatic rings. The summed E-state index contributed by atoms with van der Waals surface area (Å²) in [5, 5.41) is 0. The Morgan fingerprint density at radius 1 is 1.59 bits per heavy atom. The number of nitrogens with two attached hydrogens (primary N) is 1. The number of benzene rings is 1. The van der Waals surface area contributed by atoms with E-state index in [0.717, 1.165) is 10.0 Å². The van der Waals surface area contributed by atoms with Gasteiger partial charge in [-0.25, -0.2) is 4.39 Å². The molecule has 0 bridgehead atoms. The molecule has 0 fully saturated rings. The molecule has 0 aliphatic carbocycles. The summed E-state index contributed by atoms with van der Waals surface area (Å²) < 4.78 is 18.4. The molecule has 3 nitrogen and oxygen atoms in total. The molecule has 94 valence electrons. The molecule has 1 atom stereocenters. The molecule has 0 radical (unpaired) electrons. The van der Waals surface area contributed by atoms with Crippen LogP contribution in [0.5, 0.6) is 0 Å². The zero-order valence-electron chi connectivity index (χ0n) is 9.58. The third kappa shape index (κ3) is 4.83. The van der Waals surface area contributed by atoms with Crippen LogP contribution in [0.1, 0.15) is 18.4 Å². The average molecular weight is 304 g/mol. The second kappa shape index (κ2) is 6.71. The van der Waals surface area contributed by atoms with Gasteiger partial charge in [-0.2, -0.15) is 0 Å². The van der Waals surface area contributed by atoms with Crippen LogP contribution < -0.4 is 5.73 Å². The fourth-order valence-electron chi connectivity index (χ4n) is 1.49. The molecule has 0 saturated carbocycles. The summed E-state index contributed by atoms with van der Waals surface area (Å²) >= 11 is 3.34. The van der Waals surface area contributed by atoms with Crippen molar-refractivity contribution in [1.82, 2.24) is 0 Å². The van der Waals surface area contributed by atoms with Gasteiger partial charge in [0.25, 0.3) is 0 Å². The van der Waals surface area contributed by atoms with Crippen LogP contribution in [0, 0.1) is 5.82 Å². The van der Waals surface area contributed by atoms with E-state index in [9.17, 15) is 9.18 Å². The van der Waals surface area contributed by atoms with E-state index in [1.807, 2.05) is 0 Å². The van der Waals surface area contributed by atoms with Crippen molar-refractivity contribution in [2.24, 2.45) is 5.73 Å². The van der Waals surface area contributed by atoms with Crippen LogP contribution in [0.2, 0.25) is 0 Å². The molecule has 2 N–H and O–H groups in total. The van der Waals surface area contributed by atoms with E-state index >= 15 is 0 Å². The van der Waals surface area contributed by atoms with Gasteiger partial charge in [-0.1, -0.05) is 15.9 Å². The Hall–Kier alpha value is -0.940. The Bertz CT molecular complexity index is 398. The minimum atomic E-state index is -0.289. The van der Waals surface area contributed by atoms with Crippen molar-refractivity contribution in [3.05, 3.63) is 34.1 Å². The monoisotopic (exact) mass is 303 g/mol. The quantitative estimate of drug-likeness (QED) is 0.850. The summed E-state index contributed by atoms with van der Waals surface area (Å²) in [5.41, 5.74) is 6.68. The fourth-order valence-corrected chi connectivity index (χ4v) is 1.90. The lowest BCUT2D eigenvalue weighted by Gasteiger charge is -2.12. The normalized spacial score (nSPS) is 12.2. The lowest BCUT2D eigenvalue weighted by atomic mass is 10.0. The highest BCUT2D eigenvalue weighted by atomic mass is 79.9. The molecular weight excluding hydrogens is 289 g/mol. The maximum atomic E-state index is 13.0. The summed E-state index contributed by atoms with van der Waals surface area (Å²) in [6, 6.07) is 4.29. The van der Waals surface area contributed by atoms with Crippen LogP contribution in [-0.2, 0) is 16.0 Å². The van der Waals surface area contributed by atoms with Crippen molar-refractivity contribution in [3.8, 4) is 0 Å². The van der Waals surface area contributed by atoms with Crippen LogP contribution in [-0.4, -0.2) is 19.1 Å². The summed E-state index contributed by atoms with van der Waals surface area (Å²) in [4.78, 5) is 10.9. The van der Waals surface area contributed by atoms with Crippen molar-refractivity contribution in [2.45, 2.75) is 25.3 Å². The summed E-state index contributed by atoms with van der Waals surface area (Å²) in [5.74, 6) is -0.567. The van der Waals surface area contributed by atoms with Crippen LogP contribution in [0.25, 0.3) is 0 Å². The van der Waals surface area contributed by atoms with E-state index in [1.165, 1.54) is 19.2 Å². The Morgan fingerprint density at radius 2 is 2.29 bits per heavy atom. The van der Waals surface area contributed by atoms with Gasteiger partial charge >= 0.3 is 5.97 Å². The van der Waals surface area contributed by atoms with Gasteiger partial charge in [-0.05, 0) is 36.6 Å². The number of esters is 1. The number of rotatable bonds is 5. The topological polar surface area (TPSA) is 52.3 Å². The predicted molar refractivity (Wildman–Crippen MR) is 67.0 cm³/mol. The molecule has 0 aliphatic rings. The van der Waals surface area contributed by atoms with Crippen molar-refractivity contribution in [2.75, 3.05) is 7.11 Å². The largest absolute Gasteiger partial charge is 0.469 e. The van der Waals surface area contributed by atoms with E-state index in [1.54, 1.807) is 6.07 Å². The van der Waals surface area contributed by atoms with Gasteiger partial charge in [0.2, 0.25) is 0 Å². The second-order valence-electron chi connectivity index (χ2n) is 3.81. The maximum absolute atomic E-state index is 13.0. The average Bonchev–Trinajstić information content (AvgIpc) is 2.30. The third-order valence-corrected chi connectivity index (χ3v) is 3.21. The third-order valence-electron chi connectivity index (χ3n) is 2.44. The van der Waals surface area contributed by atoms with Gasteiger partial charge in [-0.15, -0.1) is 0 Å². The molecule has 0 spiro atoms. The first-order valence-electron chi connectivity index (χ1n) is 5.29. The van der Waals surface area contributed by atoms with Gasteiger partial charge in [0, 0.05) is 16.9 Å². The van der Waals surface area contributed by atoms with Crippen molar-refractivity contribution in [3.63, 3.8) is 0 Å². The molecular formula is C12H15BrFNO2. The van der Waals surface area contributed by atoms with Crippen LogP contribution in [0.15, 0.2) is 22.7 Å². The Labute approximate surface area is 108 Å². The van der Waals surface area contributed by atoms with Gasteiger partial charge in [-0.3, -0.25) is 4.79 Å². The maximum Gasteiger partial charge on any atom is 0.305 e. The first-order chi connectivity index (χ1) is 8.02. The summed E-state index contributed by atoms with van der Waals surface area (Å²) in [6.07, 6.45) is 1.33. The molecule has 1 aromatic carbocycles. The van der Waals surface area contributed by atoms with Gasteiger partial charge in [0.05, 0.1) is 7.11 Å².